The topological polar surface area (TPSA) is 33.0 Å². The smallest absolute Gasteiger partial charge is 0.0689 e. The molecule has 2 heteroatoms. The van der Waals surface area contributed by atoms with Crippen LogP contribution in [-0.4, -0.2) is 12.7 Å². The Labute approximate surface area is 156 Å². The molecule has 0 aromatic heterocycles. The molecule has 2 fully saturated rings. The maximum Gasteiger partial charge on any atom is 0.0689 e. The summed E-state index contributed by atoms with van der Waals surface area (Å²) in [5.41, 5.74) is -0.0109. The zero-order valence-corrected chi connectivity index (χ0v) is 16.9. The molecule has 2 rings (SSSR count). The zero-order chi connectivity index (χ0) is 18.0. The molecule has 0 radical (unpaired) electrons. The van der Waals surface area contributed by atoms with Crippen molar-refractivity contribution in [3.8, 4) is 6.07 Å². The van der Waals surface area contributed by atoms with E-state index < -0.39 is 0 Å². The molecule has 0 atom stereocenters. The van der Waals surface area contributed by atoms with Crippen LogP contribution in [0.5, 0.6) is 0 Å². The third-order valence-electron chi connectivity index (χ3n) is 6.89. The van der Waals surface area contributed by atoms with E-state index in [2.05, 4.69) is 19.9 Å². The predicted octanol–water partition coefficient (Wildman–Crippen LogP) is 7.03. The van der Waals surface area contributed by atoms with Crippen molar-refractivity contribution in [2.75, 3.05) is 6.61 Å². The second-order valence-electron chi connectivity index (χ2n) is 8.91. The van der Waals surface area contributed by atoms with Gasteiger partial charge in [0.15, 0.2) is 0 Å². The molecule has 2 saturated carbocycles. The first kappa shape index (κ1) is 20.8. The van der Waals surface area contributed by atoms with E-state index in [9.17, 15) is 5.26 Å². The molecule has 0 bridgehead atoms. The third kappa shape index (κ3) is 6.93. The summed E-state index contributed by atoms with van der Waals surface area (Å²) >= 11 is 0. The van der Waals surface area contributed by atoms with Crippen molar-refractivity contribution in [2.45, 2.75) is 116 Å². The van der Waals surface area contributed by atoms with E-state index in [4.69, 9.17) is 4.74 Å². The Morgan fingerprint density at radius 3 is 2.16 bits per heavy atom. The largest absolute Gasteiger partial charge is 0.378 e. The van der Waals surface area contributed by atoms with Gasteiger partial charge in [-0.1, -0.05) is 52.4 Å². The van der Waals surface area contributed by atoms with Crippen LogP contribution in [0.3, 0.4) is 0 Å². The summed E-state index contributed by atoms with van der Waals surface area (Å²) in [6, 6.07) is 2.68. The average molecular weight is 348 g/mol. The molecule has 0 aliphatic heterocycles. The SMILES string of the molecule is CCCCC[C@]1(C#N)CC[C@H](CO[C@H]2CC[C@H](CCCC)CC2)CC1. The monoisotopic (exact) mass is 347 g/mol. The van der Waals surface area contributed by atoms with Gasteiger partial charge < -0.3 is 4.74 Å². The minimum Gasteiger partial charge on any atom is -0.378 e. The Bertz CT molecular complexity index is 383. The van der Waals surface area contributed by atoms with Crippen LogP contribution in [-0.2, 0) is 4.74 Å². The van der Waals surface area contributed by atoms with Gasteiger partial charge in [-0.3, -0.25) is 0 Å². The summed E-state index contributed by atoms with van der Waals surface area (Å²) < 4.78 is 6.29. The second kappa shape index (κ2) is 11.2. The van der Waals surface area contributed by atoms with Gasteiger partial charge in [0.05, 0.1) is 17.6 Å². The summed E-state index contributed by atoms with van der Waals surface area (Å²) in [6.45, 7) is 5.48. The van der Waals surface area contributed by atoms with Crippen LogP contribution in [0.25, 0.3) is 0 Å². The molecular formula is C23H41NO. The molecule has 0 heterocycles. The van der Waals surface area contributed by atoms with Gasteiger partial charge in [0.2, 0.25) is 0 Å². The van der Waals surface area contributed by atoms with E-state index in [0.717, 1.165) is 31.8 Å². The first-order chi connectivity index (χ1) is 12.2. The first-order valence-corrected chi connectivity index (χ1v) is 11.2. The Morgan fingerprint density at radius 2 is 1.56 bits per heavy atom. The number of nitrogens with zero attached hydrogens (tertiary/aromatic N) is 1. The quantitative estimate of drug-likeness (QED) is 0.397. The van der Waals surface area contributed by atoms with Gasteiger partial charge in [-0.2, -0.15) is 5.26 Å². The Hall–Kier alpha value is -0.550. The van der Waals surface area contributed by atoms with Gasteiger partial charge in [-0.15, -0.1) is 0 Å². The van der Waals surface area contributed by atoms with E-state index in [1.807, 2.05) is 0 Å². The molecule has 2 nitrogen and oxygen atoms in total. The lowest BCUT2D eigenvalue weighted by Gasteiger charge is -2.36. The van der Waals surface area contributed by atoms with Gasteiger partial charge in [0.25, 0.3) is 0 Å². The van der Waals surface area contributed by atoms with Crippen LogP contribution in [0.4, 0.5) is 0 Å². The highest BCUT2D eigenvalue weighted by Crippen LogP contribution is 2.42. The summed E-state index contributed by atoms with van der Waals surface area (Å²) in [6.07, 6.45) is 19.5. The van der Waals surface area contributed by atoms with E-state index >= 15 is 0 Å². The minimum atomic E-state index is -0.0109. The molecule has 0 amide bonds. The highest BCUT2D eigenvalue weighted by Gasteiger charge is 2.35. The maximum atomic E-state index is 9.67. The standard InChI is InChI=1S/C23H41NO/c1-3-5-7-15-23(19-24)16-13-21(14-17-23)18-25-22-11-9-20(10-12-22)8-6-4-2/h20-22H,3-18H2,1-2H3/t20-,21-,22-,23-. The lowest BCUT2D eigenvalue weighted by molar-refractivity contribution is -0.0134. The van der Waals surface area contributed by atoms with Gasteiger partial charge >= 0.3 is 0 Å². The van der Waals surface area contributed by atoms with Crippen LogP contribution in [0.15, 0.2) is 0 Å². The lowest BCUT2D eigenvalue weighted by atomic mass is 9.69. The van der Waals surface area contributed by atoms with Crippen molar-refractivity contribution in [1.82, 2.24) is 0 Å². The van der Waals surface area contributed by atoms with Crippen molar-refractivity contribution >= 4 is 0 Å². The Morgan fingerprint density at radius 1 is 0.880 bits per heavy atom. The molecule has 144 valence electrons. The average Bonchev–Trinajstić information content (AvgIpc) is 2.67. The van der Waals surface area contributed by atoms with Crippen molar-refractivity contribution in [3.63, 3.8) is 0 Å². The number of hydrogen-bond donors (Lipinski definition) is 0. The third-order valence-corrected chi connectivity index (χ3v) is 6.89. The van der Waals surface area contributed by atoms with Crippen molar-refractivity contribution in [2.24, 2.45) is 17.3 Å². The first-order valence-electron chi connectivity index (χ1n) is 11.2. The van der Waals surface area contributed by atoms with Crippen LogP contribution in [0.2, 0.25) is 0 Å². The lowest BCUT2D eigenvalue weighted by Crippen LogP contribution is -2.30. The zero-order valence-electron chi connectivity index (χ0n) is 16.9. The Balaban J connectivity index is 1.61. The van der Waals surface area contributed by atoms with E-state index in [1.165, 1.54) is 77.0 Å². The number of nitriles is 1. The normalized spacial score (nSPS) is 33.1. The van der Waals surface area contributed by atoms with Gasteiger partial charge in [0.1, 0.15) is 0 Å². The van der Waals surface area contributed by atoms with E-state index in [1.54, 1.807) is 0 Å². The molecule has 0 N–H and O–H groups in total. The summed E-state index contributed by atoms with van der Waals surface area (Å²) in [5.74, 6) is 1.67. The predicted molar refractivity (Wildman–Crippen MR) is 105 cm³/mol. The molecule has 2 aliphatic rings. The fourth-order valence-electron chi connectivity index (χ4n) is 4.88. The van der Waals surface area contributed by atoms with Crippen molar-refractivity contribution in [1.29, 1.82) is 5.26 Å². The van der Waals surface area contributed by atoms with Crippen LogP contribution in [0, 0.1) is 28.6 Å². The summed E-state index contributed by atoms with van der Waals surface area (Å²) in [5, 5.41) is 9.67. The van der Waals surface area contributed by atoms with Gasteiger partial charge in [-0.05, 0) is 69.6 Å². The molecule has 0 aromatic rings. The second-order valence-corrected chi connectivity index (χ2v) is 8.91. The molecule has 25 heavy (non-hydrogen) atoms. The Kier molecular flexibility index (Phi) is 9.32. The van der Waals surface area contributed by atoms with Gasteiger partial charge in [-0.25, -0.2) is 0 Å². The molecule has 2 aliphatic carbocycles. The fourth-order valence-corrected chi connectivity index (χ4v) is 4.88. The summed E-state index contributed by atoms with van der Waals surface area (Å²) in [7, 11) is 0. The van der Waals surface area contributed by atoms with Crippen LogP contribution >= 0.6 is 0 Å². The van der Waals surface area contributed by atoms with Crippen LogP contribution < -0.4 is 0 Å². The summed E-state index contributed by atoms with van der Waals surface area (Å²) in [4.78, 5) is 0. The number of unbranched alkanes of at least 4 members (excludes halogenated alkanes) is 3. The van der Waals surface area contributed by atoms with Gasteiger partial charge in [0, 0.05) is 6.61 Å². The molecule has 0 saturated heterocycles. The molecular weight excluding hydrogens is 306 g/mol. The molecule has 0 unspecified atom stereocenters. The van der Waals surface area contributed by atoms with Crippen molar-refractivity contribution in [3.05, 3.63) is 0 Å². The van der Waals surface area contributed by atoms with E-state index in [0.29, 0.717) is 12.0 Å². The van der Waals surface area contributed by atoms with Crippen LogP contribution in [0.1, 0.15) is 110 Å². The van der Waals surface area contributed by atoms with E-state index in [-0.39, 0.29) is 5.41 Å². The minimum absolute atomic E-state index is 0.0109. The highest BCUT2D eigenvalue weighted by molar-refractivity contribution is 5.01. The maximum absolute atomic E-state index is 9.67. The number of hydrogen-bond acceptors (Lipinski definition) is 2. The molecule has 0 spiro atoms. The van der Waals surface area contributed by atoms with Crippen molar-refractivity contribution < 1.29 is 4.74 Å². The fraction of sp³-hybridized carbons (Fsp3) is 0.957. The number of rotatable bonds is 10. The number of ether oxygens (including phenoxy) is 1. The highest BCUT2D eigenvalue weighted by atomic mass is 16.5. The molecule has 0 aromatic carbocycles.